The van der Waals surface area contributed by atoms with Crippen LogP contribution in [0.3, 0.4) is 0 Å². The zero-order chi connectivity index (χ0) is 22.7. The van der Waals surface area contributed by atoms with E-state index < -0.39 is 0 Å². The molecule has 0 atom stereocenters. The van der Waals surface area contributed by atoms with Crippen LogP contribution in [-0.4, -0.2) is 0 Å². The van der Waals surface area contributed by atoms with Gasteiger partial charge in [-0.2, -0.15) is 0 Å². The Balaban J connectivity index is 1.32. The largest absolute Gasteiger partial charge is 0.0654 e. The zero-order valence-electron chi connectivity index (χ0n) is 22.0. The van der Waals surface area contributed by atoms with Crippen LogP contribution < -0.4 is 0 Å². The molecule has 2 saturated carbocycles. The van der Waals surface area contributed by atoms with Crippen molar-refractivity contribution in [3.8, 4) is 0 Å². The van der Waals surface area contributed by atoms with E-state index in [1.807, 2.05) is 0 Å². The normalized spacial score (nSPS) is 28.7. The second kappa shape index (κ2) is 13.8. The Morgan fingerprint density at radius 1 is 0.688 bits per heavy atom. The first kappa shape index (κ1) is 25.8. The van der Waals surface area contributed by atoms with Gasteiger partial charge in [0, 0.05) is 0 Å². The van der Waals surface area contributed by atoms with Gasteiger partial charge in [-0.3, -0.25) is 0 Å². The fourth-order valence-corrected chi connectivity index (χ4v) is 6.67. The number of rotatable bonds is 13. The maximum Gasteiger partial charge on any atom is -0.0162 e. The van der Waals surface area contributed by atoms with Crippen LogP contribution in [0.15, 0.2) is 24.3 Å². The predicted octanol–water partition coefficient (Wildman–Crippen LogP) is 10.6. The second-order valence-electron chi connectivity index (χ2n) is 12.1. The average Bonchev–Trinajstić information content (AvgIpc) is 2.83. The summed E-state index contributed by atoms with van der Waals surface area (Å²) in [6, 6.07) is 9.87. The van der Waals surface area contributed by atoms with E-state index in [0.29, 0.717) is 5.41 Å². The molecule has 0 saturated heterocycles. The second-order valence-corrected chi connectivity index (χ2v) is 12.1. The summed E-state index contributed by atoms with van der Waals surface area (Å²) in [5.41, 5.74) is 3.82. The molecule has 0 spiro atoms. The van der Waals surface area contributed by atoms with Gasteiger partial charge in [0.15, 0.2) is 0 Å². The zero-order valence-corrected chi connectivity index (χ0v) is 22.0. The molecule has 0 bridgehead atoms. The lowest BCUT2D eigenvalue weighted by Gasteiger charge is -2.37. The number of aryl methyl sites for hydroxylation is 1. The fraction of sp³-hybridized carbons (Fsp3) is 0.812. The van der Waals surface area contributed by atoms with Crippen molar-refractivity contribution >= 4 is 0 Å². The lowest BCUT2D eigenvalue weighted by Crippen LogP contribution is -2.23. The quantitative estimate of drug-likeness (QED) is 0.269. The number of benzene rings is 1. The van der Waals surface area contributed by atoms with Gasteiger partial charge in [0.1, 0.15) is 0 Å². The molecule has 0 heterocycles. The van der Waals surface area contributed by atoms with E-state index in [1.54, 1.807) is 11.1 Å². The Hall–Kier alpha value is -0.780. The molecule has 1 aromatic carbocycles. The summed E-state index contributed by atoms with van der Waals surface area (Å²) in [6.45, 7) is 7.19. The Morgan fingerprint density at radius 3 is 1.91 bits per heavy atom. The minimum Gasteiger partial charge on any atom is -0.0654 e. The van der Waals surface area contributed by atoms with Crippen molar-refractivity contribution in [2.24, 2.45) is 17.3 Å². The third-order valence-corrected chi connectivity index (χ3v) is 9.30. The smallest absolute Gasteiger partial charge is 0.0162 e. The van der Waals surface area contributed by atoms with E-state index in [-0.39, 0.29) is 0 Å². The average molecular weight is 439 g/mol. The summed E-state index contributed by atoms with van der Waals surface area (Å²) in [5.74, 6) is 2.85. The summed E-state index contributed by atoms with van der Waals surface area (Å²) in [4.78, 5) is 0. The fourth-order valence-electron chi connectivity index (χ4n) is 6.67. The van der Waals surface area contributed by atoms with Crippen LogP contribution in [0.2, 0.25) is 0 Å². The highest BCUT2D eigenvalue weighted by Gasteiger charge is 2.31. The minimum absolute atomic E-state index is 0.626. The molecular formula is C32H54. The highest BCUT2D eigenvalue weighted by molar-refractivity contribution is 5.26. The summed E-state index contributed by atoms with van der Waals surface area (Å²) in [7, 11) is 0. The van der Waals surface area contributed by atoms with E-state index in [2.05, 4.69) is 45.0 Å². The lowest BCUT2D eigenvalue weighted by molar-refractivity contribution is 0.179. The van der Waals surface area contributed by atoms with Gasteiger partial charge in [-0.05, 0) is 79.2 Å². The first-order valence-electron chi connectivity index (χ1n) is 14.7. The Labute approximate surface area is 201 Å². The van der Waals surface area contributed by atoms with Crippen molar-refractivity contribution in [3.05, 3.63) is 35.4 Å². The minimum atomic E-state index is 0.626. The number of unbranched alkanes of at least 4 members (excludes halogenated alkanes) is 5. The van der Waals surface area contributed by atoms with Crippen molar-refractivity contribution in [3.63, 3.8) is 0 Å². The van der Waals surface area contributed by atoms with Crippen LogP contribution in [0.4, 0.5) is 0 Å². The van der Waals surface area contributed by atoms with Crippen LogP contribution in [0.5, 0.6) is 0 Å². The topological polar surface area (TPSA) is 0 Å². The van der Waals surface area contributed by atoms with Crippen molar-refractivity contribution in [1.82, 2.24) is 0 Å². The van der Waals surface area contributed by atoms with Crippen LogP contribution in [0, 0.1) is 17.3 Å². The maximum absolute atomic E-state index is 2.54. The SMILES string of the molecule is CCCCCCC[C@H]1CC[C@H](CCc2ccc(C3CCC(C)(CCCC)CC3)cc2)CC1. The van der Waals surface area contributed by atoms with Gasteiger partial charge in [-0.1, -0.05) is 122 Å². The van der Waals surface area contributed by atoms with Crippen molar-refractivity contribution in [1.29, 1.82) is 0 Å². The lowest BCUT2D eigenvalue weighted by atomic mass is 9.68. The molecule has 32 heavy (non-hydrogen) atoms. The molecule has 0 unspecified atom stereocenters. The molecule has 0 aromatic heterocycles. The van der Waals surface area contributed by atoms with Gasteiger partial charge in [0.05, 0.1) is 0 Å². The van der Waals surface area contributed by atoms with E-state index >= 15 is 0 Å². The van der Waals surface area contributed by atoms with Crippen LogP contribution in [0.1, 0.15) is 153 Å². The Morgan fingerprint density at radius 2 is 1.28 bits per heavy atom. The highest BCUT2D eigenvalue weighted by atomic mass is 14.4. The molecule has 0 aliphatic heterocycles. The van der Waals surface area contributed by atoms with Gasteiger partial charge in [-0.15, -0.1) is 0 Å². The number of hydrogen-bond donors (Lipinski definition) is 0. The Bertz CT molecular complexity index is 595. The third kappa shape index (κ3) is 8.53. The predicted molar refractivity (Wildman–Crippen MR) is 142 cm³/mol. The number of hydrogen-bond acceptors (Lipinski definition) is 0. The van der Waals surface area contributed by atoms with E-state index in [9.17, 15) is 0 Å². The first-order chi connectivity index (χ1) is 15.6. The van der Waals surface area contributed by atoms with Gasteiger partial charge in [0.25, 0.3) is 0 Å². The van der Waals surface area contributed by atoms with Crippen molar-refractivity contribution < 1.29 is 0 Å². The molecular weight excluding hydrogens is 384 g/mol. The molecule has 2 aliphatic carbocycles. The van der Waals surface area contributed by atoms with Gasteiger partial charge < -0.3 is 0 Å². The van der Waals surface area contributed by atoms with E-state index in [1.165, 1.54) is 122 Å². The van der Waals surface area contributed by atoms with E-state index in [0.717, 1.165) is 17.8 Å². The molecule has 1 aromatic rings. The van der Waals surface area contributed by atoms with Crippen LogP contribution in [0.25, 0.3) is 0 Å². The van der Waals surface area contributed by atoms with E-state index in [4.69, 9.17) is 0 Å². The summed E-state index contributed by atoms with van der Waals surface area (Å²) >= 11 is 0. The van der Waals surface area contributed by atoms with Gasteiger partial charge in [-0.25, -0.2) is 0 Å². The molecule has 182 valence electrons. The summed E-state index contributed by atoms with van der Waals surface area (Å²) in [5, 5.41) is 0. The Kier molecular flexibility index (Phi) is 11.2. The van der Waals surface area contributed by atoms with Crippen LogP contribution in [-0.2, 0) is 6.42 Å². The molecule has 0 nitrogen and oxygen atoms in total. The summed E-state index contributed by atoms with van der Waals surface area (Å²) < 4.78 is 0. The molecule has 0 amide bonds. The maximum atomic E-state index is 2.54. The molecule has 2 fully saturated rings. The molecule has 0 N–H and O–H groups in total. The van der Waals surface area contributed by atoms with Crippen molar-refractivity contribution in [2.45, 2.75) is 149 Å². The molecule has 0 radical (unpaired) electrons. The standard InChI is InChI=1S/C32H54/c1-4-6-8-9-10-11-27-12-14-28(15-13-27)16-17-29-18-20-30(21-19-29)31-22-25-32(3,26-23-31)24-7-5-2/h18-21,27-28,31H,4-17,22-26H2,1-3H3/t27-,28-,31?,32?. The van der Waals surface area contributed by atoms with Gasteiger partial charge >= 0.3 is 0 Å². The molecule has 3 rings (SSSR count). The van der Waals surface area contributed by atoms with Gasteiger partial charge in [0.2, 0.25) is 0 Å². The molecule has 2 aliphatic rings. The third-order valence-electron chi connectivity index (χ3n) is 9.30. The highest BCUT2D eigenvalue weighted by Crippen LogP contribution is 2.45. The van der Waals surface area contributed by atoms with Crippen LogP contribution >= 0.6 is 0 Å². The first-order valence-corrected chi connectivity index (χ1v) is 14.7. The summed E-state index contributed by atoms with van der Waals surface area (Å²) in [6.07, 6.45) is 27.3. The van der Waals surface area contributed by atoms with Crippen molar-refractivity contribution in [2.75, 3.05) is 0 Å². The monoisotopic (exact) mass is 438 g/mol. The molecule has 0 heteroatoms.